The lowest BCUT2D eigenvalue weighted by Gasteiger charge is -2.30. The van der Waals surface area contributed by atoms with E-state index in [1.165, 1.54) is 0 Å². The Morgan fingerprint density at radius 1 is 1.25 bits per heavy atom. The molecule has 0 atom stereocenters. The van der Waals surface area contributed by atoms with Gasteiger partial charge in [0, 0.05) is 24.8 Å². The maximum absolute atomic E-state index is 12.6. The SMILES string of the molecule is CCN(C(=O)N(CCC(=O)O)C1CC1)c1ccccc1. The second kappa shape index (κ2) is 6.41. The average Bonchev–Trinajstić information content (AvgIpc) is 3.25. The Labute approximate surface area is 118 Å². The third-order valence-corrected chi connectivity index (χ3v) is 3.41. The summed E-state index contributed by atoms with van der Waals surface area (Å²) in [4.78, 5) is 26.7. The van der Waals surface area contributed by atoms with Gasteiger partial charge in [-0.2, -0.15) is 0 Å². The van der Waals surface area contributed by atoms with Crippen molar-refractivity contribution < 1.29 is 14.7 Å². The van der Waals surface area contributed by atoms with E-state index in [-0.39, 0.29) is 25.0 Å². The fraction of sp³-hybridized carbons (Fsp3) is 0.467. The molecule has 5 heteroatoms. The van der Waals surface area contributed by atoms with Crippen LogP contribution in [0.1, 0.15) is 26.2 Å². The van der Waals surface area contributed by atoms with Gasteiger partial charge in [0.15, 0.2) is 0 Å². The van der Waals surface area contributed by atoms with Crippen molar-refractivity contribution >= 4 is 17.7 Å². The number of para-hydroxylation sites is 1. The molecule has 0 spiro atoms. The molecule has 5 nitrogen and oxygen atoms in total. The molecule has 0 heterocycles. The highest BCUT2D eigenvalue weighted by molar-refractivity contribution is 5.92. The van der Waals surface area contributed by atoms with Crippen LogP contribution in [-0.4, -0.2) is 41.1 Å². The van der Waals surface area contributed by atoms with E-state index < -0.39 is 5.97 Å². The van der Waals surface area contributed by atoms with Crippen molar-refractivity contribution in [2.45, 2.75) is 32.2 Å². The Bertz CT molecular complexity index is 471. The molecular formula is C15H20N2O3. The predicted octanol–water partition coefficient (Wildman–Crippen LogP) is 2.57. The monoisotopic (exact) mass is 276 g/mol. The Kier molecular flexibility index (Phi) is 4.61. The first-order valence-electron chi connectivity index (χ1n) is 6.98. The summed E-state index contributed by atoms with van der Waals surface area (Å²) >= 11 is 0. The van der Waals surface area contributed by atoms with Gasteiger partial charge in [-0.1, -0.05) is 18.2 Å². The van der Waals surface area contributed by atoms with Crippen LogP contribution in [0.25, 0.3) is 0 Å². The number of anilines is 1. The number of benzene rings is 1. The Morgan fingerprint density at radius 2 is 1.90 bits per heavy atom. The van der Waals surface area contributed by atoms with E-state index in [0.29, 0.717) is 6.54 Å². The van der Waals surface area contributed by atoms with Gasteiger partial charge in [-0.25, -0.2) is 4.79 Å². The number of amides is 2. The van der Waals surface area contributed by atoms with E-state index in [1.54, 1.807) is 9.80 Å². The summed E-state index contributed by atoms with van der Waals surface area (Å²) in [5.74, 6) is -0.869. The number of carboxylic acids is 1. The summed E-state index contributed by atoms with van der Waals surface area (Å²) in [6.07, 6.45) is 1.93. The highest BCUT2D eigenvalue weighted by Gasteiger charge is 2.34. The predicted molar refractivity (Wildman–Crippen MR) is 76.8 cm³/mol. The molecule has 1 saturated carbocycles. The molecule has 0 aliphatic heterocycles. The van der Waals surface area contributed by atoms with Gasteiger partial charge in [-0.05, 0) is 31.9 Å². The largest absolute Gasteiger partial charge is 0.481 e. The molecule has 0 unspecified atom stereocenters. The second-order valence-electron chi connectivity index (χ2n) is 4.93. The fourth-order valence-electron chi connectivity index (χ4n) is 2.23. The van der Waals surface area contributed by atoms with Gasteiger partial charge in [-0.3, -0.25) is 9.69 Å². The van der Waals surface area contributed by atoms with Gasteiger partial charge in [0.05, 0.1) is 6.42 Å². The number of carbonyl (C=O) groups excluding carboxylic acids is 1. The number of hydrogen-bond donors (Lipinski definition) is 1. The van der Waals surface area contributed by atoms with Gasteiger partial charge < -0.3 is 10.0 Å². The van der Waals surface area contributed by atoms with Crippen LogP contribution in [0, 0.1) is 0 Å². The van der Waals surface area contributed by atoms with Crippen molar-refractivity contribution in [2.24, 2.45) is 0 Å². The number of carboxylic acid groups (broad SMARTS) is 1. The molecule has 0 radical (unpaired) electrons. The van der Waals surface area contributed by atoms with Crippen LogP contribution in [-0.2, 0) is 4.79 Å². The smallest absolute Gasteiger partial charge is 0.324 e. The molecule has 1 N–H and O–H groups in total. The van der Waals surface area contributed by atoms with E-state index in [9.17, 15) is 9.59 Å². The first-order chi connectivity index (χ1) is 9.63. The first kappa shape index (κ1) is 14.4. The number of nitrogens with zero attached hydrogens (tertiary/aromatic N) is 2. The lowest BCUT2D eigenvalue weighted by atomic mass is 10.3. The molecule has 1 aromatic carbocycles. The van der Waals surface area contributed by atoms with Crippen molar-refractivity contribution in [1.82, 2.24) is 4.90 Å². The van der Waals surface area contributed by atoms with Crippen molar-refractivity contribution in [1.29, 1.82) is 0 Å². The standard InChI is InChI=1S/C15H20N2O3/c1-2-16(12-6-4-3-5-7-12)15(20)17(13-8-9-13)11-10-14(18)19/h3-7,13H,2,8-11H2,1H3,(H,18,19). The van der Waals surface area contributed by atoms with Crippen molar-refractivity contribution in [3.8, 4) is 0 Å². The van der Waals surface area contributed by atoms with Crippen LogP contribution in [0.2, 0.25) is 0 Å². The molecule has 20 heavy (non-hydrogen) atoms. The molecule has 0 aromatic heterocycles. The van der Waals surface area contributed by atoms with E-state index in [4.69, 9.17) is 5.11 Å². The first-order valence-corrected chi connectivity index (χ1v) is 6.98. The molecule has 2 amide bonds. The molecule has 0 bridgehead atoms. The number of hydrogen-bond acceptors (Lipinski definition) is 2. The van der Waals surface area contributed by atoms with Crippen molar-refractivity contribution in [2.75, 3.05) is 18.0 Å². The molecule has 1 aromatic rings. The summed E-state index contributed by atoms with van der Waals surface area (Å²) in [6, 6.07) is 9.59. The van der Waals surface area contributed by atoms with E-state index in [0.717, 1.165) is 18.5 Å². The van der Waals surface area contributed by atoms with Gasteiger partial charge in [0.2, 0.25) is 0 Å². The second-order valence-corrected chi connectivity index (χ2v) is 4.93. The Morgan fingerprint density at radius 3 is 2.40 bits per heavy atom. The molecule has 1 fully saturated rings. The van der Waals surface area contributed by atoms with E-state index in [1.807, 2.05) is 37.3 Å². The third kappa shape index (κ3) is 3.50. The zero-order valence-electron chi connectivity index (χ0n) is 11.7. The Hall–Kier alpha value is -2.04. The highest BCUT2D eigenvalue weighted by atomic mass is 16.4. The maximum atomic E-state index is 12.6. The summed E-state index contributed by atoms with van der Waals surface area (Å²) in [6.45, 7) is 2.77. The van der Waals surface area contributed by atoms with Gasteiger partial charge in [-0.15, -0.1) is 0 Å². The molecule has 1 aliphatic rings. The minimum absolute atomic E-state index is 0.00537. The fourth-order valence-corrected chi connectivity index (χ4v) is 2.23. The van der Waals surface area contributed by atoms with Crippen LogP contribution in [0.5, 0.6) is 0 Å². The Balaban J connectivity index is 2.10. The van der Waals surface area contributed by atoms with Gasteiger partial charge in [0.1, 0.15) is 0 Å². The topological polar surface area (TPSA) is 60.9 Å². The summed E-state index contributed by atoms with van der Waals surface area (Å²) in [5.41, 5.74) is 0.848. The quantitative estimate of drug-likeness (QED) is 0.868. The molecule has 1 aliphatic carbocycles. The van der Waals surface area contributed by atoms with E-state index in [2.05, 4.69) is 0 Å². The highest BCUT2D eigenvalue weighted by Crippen LogP contribution is 2.29. The van der Waals surface area contributed by atoms with Gasteiger partial charge in [0.25, 0.3) is 0 Å². The lowest BCUT2D eigenvalue weighted by Crippen LogP contribution is -2.45. The van der Waals surface area contributed by atoms with Crippen LogP contribution >= 0.6 is 0 Å². The van der Waals surface area contributed by atoms with Crippen molar-refractivity contribution in [3.05, 3.63) is 30.3 Å². The molecule has 2 rings (SSSR count). The zero-order chi connectivity index (χ0) is 14.5. The normalized spacial score (nSPS) is 13.8. The average molecular weight is 276 g/mol. The summed E-state index contributed by atoms with van der Waals surface area (Å²) < 4.78 is 0. The number of rotatable bonds is 6. The van der Waals surface area contributed by atoms with Crippen LogP contribution in [0.15, 0.2) is 30.3 Å². The molecule has 108 valence electrons. The number of carbonyl (C=O) groups is 2. The maximum Gasteiger partial charge on any atom is 0.324 e. The minimum Gasteiger partial charge on any atom is -0.481 e. The van der Waals surface area contributed by atoms with E-state index >= 15 is 0 Å². The summed E-state index contributed by atoms with van der Waals surface area (Å²) in [7, 11) is 0. The van der Waals surface area contributed by atoms with Crippen molar-refractivity contribution in [3.63, 3.8) is 0 Å². The van der Waals surface area contributed by atoms with Crippen LogP contribution in [0.3, 0.4) is 0 Å². The number of aliphatic carboxylic acids is 1. The van der Waals surface area contributed by atoms with Crippen LogP contribution < -0.4 is 4.90 Å². The minimum atomic E-state index is -0.869. The summed E-state index contributed by atoms with van der Waals surface area (Å²) in [5, 5.41) is 8.81. The van der Waals surface area contributed by atoms with Crippen LogP contribution in [0.4, 0.5) is 10.5 Å². The molecular weight excluding hydrogens is 256 g/mol. The zero-order valence-corrected chi connectivity index (χ0v) is 11.7. The number of urea groups is 1. The van der Waals surface area contributed by atoms with Gasteiger partial charge >= 0.3 is 12.0 Å². The lowest BCUT2D eigenvalue weighted by molar-refractivity contribution is -0.137. The molecule has 0 saturated heterocycles. The third-order valence-electron chi connectivity index (χ3n) is 3.41.